The molecule has 2 nitrogen and oxygen atoms in total. The van der Waals surface area contributed by atoms with Crippen molar-refractivity contribution in [1.29, 1.82) is 0 Å². The molecule has 126 valence electrons. The lowest BCUT2D eigenvalue weighted by Crippen LogP contribution is -1.90. The summed E-state index contributed by atoms with van der Waals surface area (Å²) < 4.78 is 0. The van der Waals surface area contributed by atoms with Crippen molar-refractivity contribution in [3.8, 4) is 0 Å². The molecule has 0 atom stereocenters. The largest absolute Gasteiger partial charge is 0.478 e. The van der Waals surface area contributed by atoms with Gasteiger partial charge in [0.15, 0.2) is 0 Å². The van der Waals surface area contributed by atoms with Crippen molar-refractivity contribution in [2.75, 3.05) is 0 Å². The molecule has 0 aliphatic rings. The van der Waals surface area contributed by atoms with Crippen LogP contribution in [-0.2, 0) is 4.79 Å². The molecule has 0 aromatic carbocycles. The summed E-state index contributed by atoms with van der Waals surface area (Å²) in [6.45, 7) is 10.8. The molecule has 0 unspecified atom stereocenters. The number of hydrogen-bond acceptors (Lipinski definition) is 1. The van der Waals surface area contributed by atoms with Crippen molar-refractivity contribution in [3.05, 3.63) is 34.9 Å². The Balaban J connectivity index is 3.94. The fraction of sp³-hybridized carbons (Fsp3) is 0.650. The Kier molecular flexibility index (Phi) is 11.5. The predicted octanol–water partition coefficient (Wildman–Crippen LogP) is 6.30. The van der Waals surface area contributed by atoms with Gasteiger partial charge in [0.2, 0.25) is 0 Å². The molecule has 0 saturated heterocycles. The van der Waals surface area contributed by atoms with Crippen molar-refractivity contribution < 1.29 is 9.90 Å². The van der Waals surface area contributed by atoms with Gasteiger partial charge in [0.05, 0.1) is 0 Å². The number of rotatable bonds is 11. The topological polar surface area (TPSA) is 37.3 Å². The molecule has 0 fully saturated rings. The van der Waals surface area contributed by atoms with Gasteiger partial charge in [-0.1, -0.05) is 49.1 Å². The number of hydrogen-bond donors (Lipinski definition) is 1. The van der Waals surface area contributed by atoms with E-state index in [9.17, 15) is 4.79 Å². The van der Waals surface area contributed by atoms with Crippen molar-refractivity contribution in [3.63, 3.8) is 0 Å². The van der Waals surface area contributed by atoms with E-state index in [2.05, 4.69) is 39.8 Å². The third kappa shape index (κ3) is 13.7. The minimum absolute atomic E-state index is 0.802. The molecule has 0 aromatic rings. The van der Waals surface area contributed by atoms with E-state index in [-0.39, 0.29) is 0 Å². The SMILES string of the molecule is C/C(=C\CC/C(C)=C/C(=O)O)CC/C=C(\C)CCCC(C)C. The van der Waals surface area contributed by atoms with Crippen molar-refractivity contribution in [2.45, 2.75) is 79.6 Å². The maximum absolute atomic E-state index is 10.5. The summed E-state index contributed by atoms with van der Waals surface area (Å²) in [5, 5.41) is 8.65. The quantitative estimate of drug-likeness (QED) is 0.359. The third-order valence-electron chi connectivity index (χ3n) is 3.79. The van der Waals surface area contributed by atoms with E-state index in [4.69, 9.17) is 5.11 Å². The van der Waals surface area contributed by atoms with Gasteiger partial charge in [-0.3, -0.25) is 0 Å². The third-order valence-corrected chi connectivity index (χ3v) is 3.79. The van der Waals surface area contributed by atoms with Crippen LogP contribution in [0.15, 0.2) is 34.9 Å². The van der Waals surface area contributed by atoms with Crippen LogP contribution in [0.1, 0.15) is 79.6 Å². The monoisotopic (exact) mass is 306 g/mol. The van der Waals surface area contributed by atoms with E-state index in [1.807, 2.05) is 6.92 Å². The molecule has 0 aliphatic heterocycles. The highest BCUT2D eigenvalue weighted by Crippen LogP contribution is 2.15. The number of carboxylic acid groups (broad SMARTS) is 1. The fourth-order valence-electron chi connectivity index (χ4n) is 2.37. The minimum atomic E-state index is -0.851. The van der Waals surface area contributed by atoms with E-state index < -0.39 is 5.97 Å². The van der Waals surface area contributed by atoms with Crippen LogP contribution in [0.2, 0.25) is 0 Å². The van der Waals surface area contributed by atoms with E-state index in [0.717, 1.165) is 37.2 Å². The summed E-state index contributed by atoms with van der Waals surface area (Å²) in [6.07, 6.45) is 13.7. The maximum atomic E-state index is 10.5. The number of allylic oxidation sites excluding steroid dienone is 5. The van der Waals surface area contributed by atoms with Crippen LogP contribution in [0.3, 0.4) is 0 Å². The van der Waals surface area contributed by atoms with Crippen LogP contribution >= 0.6 is 0 Å². The van der Waals surface area contributed by atoms with Crippen LogP contribution in [0, 0.1) is 5.92 Å². The molecule has 22 heavy (non-hydrogen) atoms. The summed E-state index contributed by atoms with van der Waals surface area (Å²) in [7, 11) is 0. The molecule has 0 amide bonds. The predicted molar refractivity (Wildman–Crippen MR) is 96.1 cm³/mol. The van der Waals surface area contributed by atoms with Gasteiger partial charge in [-0.15, -0.1) is 0 Å². The van der Waals surface area contributed by atoms with Gasteiger partial charge in [-0.2, -0.15) is 0 Å². The average Bonchev–Trinajstić information content (AvgIpc) is 2.37. The Labute approximate surface area is 137 Å². The van der Waals surface area contributed by atoms with Crippen LogP contribution < -0.4 is 0 Å². The van der Waals surface area contributed by atoms with Gasteiger partial charge < -0.3 is 5.11 Å². The normalized spacial score (nSPS) is 13.8. The molecule has 1 N–H and O–H groups in total. The summed E-state index contributed by atoms with van der Waals surface area (Å²) in [6, 6.07) is 0. The minimum Gasteiger partial charge on any atom is -0.478 e. The molecule has 0 aromatic heterocycles. The van der Waals surface area contributed by atoms with Gasteiger partial charge in [0.1, 0.15) is 0 Å². The number of carbonyl (C=O) groups is 1. The highest BCUT2D eigenvalue weighted by Gasteiger charge is 1.97. The Morgan fingerprint density at radius 2 is 1.41 bits per heavy atom. The second-order valence-electron chi connectivity index (χ2n) is 6.79. The Bertz CT molecular complexity index is 411. The van der Waals surface area contributed by atoms with E-state index in [0.29, 0.717) is 0 Å². The smallest absolute Gasteiger partial charge is 0.328 e. The van der Waals surface area contributed by atoms with Gasteiger partial charge in [0, 0.05) is 6.08 Å². The van der Waals surface area contributed by atoms with Gasteiger partial charge in [-0.05, 0) is 65.2 Å². The van der Waals surface area contributed by atoms with Crippen LogP contribution in [0.4, 0.5) is 0 Å². The first-order valence-electron chi connectivity index (χ1n) is 8.52. The second kappa shape index (κ2) is 12.3. The zero-order valence-electron chi connectivity index (χ0n) is 15.1. The summed E-state index contributed by atoms with van der Waals surface area (Å²) in [5.74, 6) is -0.0482. The standard InChI is InChI=1S/C20H34O2/c1-16(2)9-6-10-17(3)11-7-12-18(4)13-8-14-19(5)15-20(21)22/h11,13,15-16H,6-10,12,14H2,1-5H3,(H,21,22)/b17-11+,18-13+,19-15+. The zero-order valence-corrected chi connectivity index (χ0v) is 15.1. The van der Waals surface area contributed by atoms with Crippen molar-refractivity contribution in [1.82, 2.24) is 0 Å². The molecule has 0 heterocycles. The Hall–Kier alpha value is -1.31. The van der Waals surface area contributed by atoms with Crippen molar-refractivity contribution in [2.24, 2.45) is 5.92 Å². The van der Waals surface area contributed by atoms with E-state index in [1.165, 1.54) is 36.5 Å². The van der Waals surface area contributed by atoms with Gasteiger partial charge in [0.25, 0.3) is 0 Å². The van der Waals surface area contributed by atoms with Gasteiger partial charge >= 0.3 is 5.97 Å². The zero-order chi connectivity index (χ0) is 17.0. The molecule has 2 heteroatoms. The second-order valence-corrected chi connectivity index (χ2v) is 6.79. The highest BCUT2D eigenvalue weighted by molar-refractivity contribution is 5.80. The van der Waals surface area contributed by atoms with E-state index >= 15 is 0 Å². The molecule has 0 spiro atoms. The Morgan fingerprint density at radius 3 is 1.91 bits per heavy atom. The average molecular weight is 306 g/mol. The summed E-state index contributed by atoms with van der Waals surface area (Å²) in [4.78, 5) is 10.5. The fourth-order valence-corrected chi connectivity index (χ4v) is 2.37. The molecular formula is C20H34O2. The highest BCUT2D eigenvalue weighted by atomic mass is 16.4. The first-order valence-corrected chi connectivity index (χ1v) is 8.52. The van der Waals surface area contributed by atoms with Crippen molar-refractivity contribution >= 4 is 5.97 Å². The first-order chi connectivity index (χ1) is 10.3. The van der Waals surface area contributed by atoms with Gasteiger partial charge in [-0.25, -0.2) is 4.79 Å². The molecule has 0 saturated carbocycles. The maximum Gasteiger partial charge on any atom is 0.328 e. The Morgan fingerprint density at radius 1 is 0.909 bits per heavy atom. The summed E-state index contributed by atoms with van der Waals surface area (Å²) in [5.41, 5.74) is 3.83. The number of aliphatic carboxylic acids is 1. The first kappa shape index (κ1) is 20.7. The molecule has 0 bridgehead atoms. The summed E-state index contributed by atoms with van der Waals surface area (Å²) >= 11 is 0. The van der Waals surface area contributed by atoms with Crippen LogP contribution in [-0.4, -0.2) is 11.1 Å². The molecule has 0 radical (unpaired) electrons. The molecular weight excluding hydrogens is 272 g/mol. The van der Waals surface area contributed by atoms with Crippen LogP contribution in [0.5, 0.6) is 0 Å². The number of carboxylic acids is 1. The lowest BCUT2D eigenvalue weighted by atomic mass is 10.0. The van der Waals surface area contributed by atoms with Crippen LogP contribution in [0.25, 0.3) is 0 Å². The molecule has 0 aliphatic carbocycles. The lowest BCUT2D eigenvalue weighted by Gasteiger charge is -2.05. The molecule has 0 rings (SSSR count). The lowest BCUT2D eigenvalue weighted by molar-refractivity contribution is -0.131. The van der Waals surface area contributed by atoms with E-state index in [1.54, 1.807) is 0 Å².